The van der Waals surface area contributed by atoms with Crippen molar-refractivity contribution in [2.45, 2.75) is 37.8 Å². The highest BCUT2D eigenvalue weighted by Crippen LogP contribution is 2.26. The number of rotatable bonds is 2. The number of hydrogen-bond donors (Lipinski definition) is 2. The number of benzene rings is 1. The van der Waals surface area contributed by atoms with Crippen LogP contribution in [-0.4, -0.2) is 41.1 Å². The quantitative estimate of drug-likeness (QED) is 0.851. The lowest BCUT2D eigenvalue weighted by atomic mass is 10.0. The number of carbonyl (C=O) groups is 1. The van der Waals surface area contributed by atoms with Crippen LogP contribution in [0.25, 0.3) is 0 Å². The molecule has 2 fully saturated rings. The first kappa shape index (κ1) is 12.5. The summed E-state index contributed by atoms with van der Waals surface area (Å²) in [5.74, 6) is 0.295. The second-order valence-electron chi connectivity index (χ2n) is 5.46. The standard InChI is InChI=1S/C15H20N2O2/c18-12-7-5-11(6-8-12)15(19)17-10-2-4-14(17)13-3-1-9-16-13/h5-8,13-14,16,18H,1-4,9-10H2. The van der Waals surface area contributed by atoms with Gasteiger partial charge in [0.2, 0.25) is 0 Å². The van der Waals surface area contributed by atoms with E-state index in [2.05, 4.69) is 5.32 Å². The van der Waals surface area contributed by atoms with Crippen LogP contribution in [0.1, 0.15) is 36.0 Å². The number of nitrogens with zero attached hydrogens (tertiary/aromatic N) is 1. The summed E-state index contributed by atoms with van der Waals surface area (Å²) in [6, 6.07) is 7.36. The minimum Gasteiger partial charge on any atom is -0.508 e. The predicted octanol–water partition coefficient (Wildman–Crippen LogP) is 1.75. The molecule has 2 atom stereocenters. The maximum atomic E-state index is 12.5. The van der Waals surface area contributed by atoms with Gasteiger partial charge in [0.05, 0.1) is 0 Å². The van der Waals surface area contributed by atoms with Crippen molar-refractivity contribution >= 4 is 5.91 Å². The number of amides is 1. The highest BCUT2D eigenvalue weighted by molar-refractivity contribution is 5.94. The Morgan fingerprint density at radius 1 is 1.21 bits per heavy atom. The molecule has 0 aromatic heterocycles. The highest BCUT2D eigenvalue weighted by Gasteiger charge is 2.36. The number of aromatic hydroxyl groups is 1. The Balaban J connectivity index is 1.76. The van der Waals surface area contributed by atoms with Gasteiger partial charge in [0.15, 0.2) is 0 Å². The van der Waals surface area contributed by atoms with Crippen molar-refractivity contribution < 1.29 is 9.90 Å². The van der Waals surface area contributed by atoms with Crippen LogP contribution in [0.3, 0.4) is 0 Å². The molecular formula is C15H20N2O2. The minimum atomic E-state index is 0.0937. The minimum absolute atomic E-state index is 0.0937. The summed E-state index contributed by atoms with van der Waals surface area (Å²) in [5, 5.41) is 12.8. The number of phenolic OH excluding ortho intramolecular Hbond substituents is 1. The van der Waals surface area contributed by atoms with E-state index >= 15 is 0 Å². The molecule has 0 spiro atoms. The zero-order valence-corrected chi connectivity index (χ0v) is 11.0. The Labute approximate surface area is 113 Å². The Morgan fingerprint density at radius 3 is 2.68 bits per heavy atom. The molecule has 0 saturated carbocycles. The topological polar surface area (TPSA) is 52.6 Å². The smallest absolute Gasteiger partial charge is 0.254 e. The van der Waals surface area contributed by atoms with E-state index in [1.165, 1.54) is 12.8 Å². The highest BCUT2D eigenvalue weighted by atomic mass is 16.3. The van der Waals surface area contributed by atoms with Gasteiger partial charge in [0, 0.05) is 24.2 Å². The van der Waals surface area contributed by atoms with Crippen molar-refractivity contribution in [3.8, 4) is 5.75 Å². The van der Waals surface area contributed by atoms with Gasteiger partial charge in [-0.1, -0.05) is 0 Å². The summed E-state index contributed by atoms with van der Waals surface area (Å²) < 4.78 is 0. The molecular weight excluding hydrogens is 240 g/mol. The van der Waals surface area contributed by atoms with Gasteiger partial charge in [-0.25, -0.2) is 0 Å². The van der Waals surface area contributed by atoms with Crippen LogP contribution in [0.5, 0.6) is 5.75 Å². The summed E-state index contributed by atoms with van der Waals surface area (Å²) in [7, 11) is 0. The van der Waals surface area contributed by atoms with Crippen LogP contribution in [0.4, 0.5) is 0 Å². The molecule has 0 bridgehead atoms. The van der Waals surface area contributed by atoms with Crippen molar-refractivity contribution in [3.63, 3.8) is 0 Å². The molecule has 1 aromatic carbocycles. The Bertz CT molecular complexity index is 452. The third-order valence-corrected chi connectivity index (χ3v) is 4.24. The molecule has 2 saturated heterocycles. The fraction of sp³-hybridized carbons (Fsp3) is 0.533. The van der Waals surface area contributed by atoms with E-state index < -0.39 is 0 Å². The van der Waals surface area contributed by atoms with Gasteiger partial charge in [-0.2, -0.15) is 0 Å². The lowest BCUT2D eigenvalue weighted by Gasteiger charge is -2.29. The van der Waals surface area contributed by atoms with Gasteiger partial charge < -0.3 is 15.3 Å². The van der Waals surface area contributed by atoms with Crippen LogP contribution < -0.4 is 5.32 Å². The van der Waals surface area contributed by atoms with Gasteiger partial charge in [0.25, 0.3) is 5.91 Å². The van der Waals surface area contributed by atoms with Crippen LogP contribution >= 0.6 is 0 Å². The third-order valence-electron chi connectivity index (χ3n) is 4.24. The van der Waals surface area contributed by atoms with Gasteiger partial charge in [-0.15, -0.1) is 0 Å². The Kier molecular flexibility index (Phi) is 3.42. The zero-order chi connectivity index (χ0) is 13.2. The molecule has 4 nitrogen and oxygen atoms in total. The van der Waals surface area contributed by atoms with Crippen molar-refractivity contribution in [2.24, 2.45) is 0 Å². The first-order valence-corrected chi connectivity index (χ1v) is 7.09. The number of likely N-dealkylation sites (tertiary alicyclic amines) is 1. The average Bonchev–Trinajstić information content (AvgIpc) is 3.09. The van der Waals surface area contributed by atoms with E-state index in [0.29, 0.717) is 17.6 Å². The maximum Gasteiger partial charge on any atom is 0.254 e. The molecule has 19 heavy (non-hydrogen) atoms. The third kappa shape index (κ3) is 2.45. The van der Waals surface area contributed by atoms with E-state index in [1.807, 2.05) is 4.90 Å². The van der Waals surface area contributed by atoms with E-state index in [0.717, 1.165) is 25.9 Å². The summed E-state index contributed by atoms with van der Waals surface area (Å²) in [6.07, 6.45) is 4.57. The van der Waals surface area contributed by atoms with Crippen LogP contribution in [0, 0.1) is 0 Å². The molecule has 102 valence electrons. The second kappa shape index (κ2) is 5.21. The van der Waals surface area contributed by atoms with E-state index in [-0.39, 0.29) is 11.7 Å². The molecule has 4 heteroatoms. The van der Waals surface area contributed by atoms with Gasteiger partial charge >= 0.3 is 0 Å². The van der Waals surface area contributed by atoms with Crippen molar-refractivity contribution in [1.82, 2.24) is 10.2 Å². The van der Waals surface area contributed by atoms with Gasteiger partial charge in [-0.3, -0.25) is 4.79 Å². The molecule has 1 aromatic rings. The van der Waals surface area contributed by atoms with E-state index in [4.69, 9.17) is 0 Å². The van der Waals surface area contributed by atoms with E-state index in [1.54, 1.807) is 24.3 Å². The van der Waals surface area contributed by atoms with Gasteiger partial charge in [-0.05, 0) is 56.5 Å². The molecule has 2 unspecified atom stereocenters. The largest absolute Gasteiger partial charge is 0.508 e. The monoisotopic (exact) mass is 260 g/mol. The molecule has 2 aliphatic rings. The second-order valence-corrected chi connectivity index (χ2v) is 5.46. The fourth-order valence-electron chi connectivity index (χ4n) is 3.27. The first-order valence-electron chi connectivity index (χ1n) is 7.09. The summed E-state index contributed by atoms with van der Waals surface area (Å²) >= 11 is 0. The number of hydrogen-bond acceptors (Lipinski definition) is 3. The Morgan fingerprint density at radius 2 is 2.00 bits per heavy atom. The molecule has 2 aliphatic heterocycles. The maximum absolute atomic E-state index is 12.5. The number of phenols is 1. The zero-order valence-electron chi connectivity index (χ0n) is 11.0. The first-order chi connectivity index (χ1) is 9.25. The normalized spacial score (nSPS) is 26.8. The van der Waals surface area contributed by atoms with Crippen molar-refractivity contribution in [1.29, 1.82) is 0 Å². The fourth-order valence-corrected chi connectivity index (χ4v) is 3.27. The van der Waals surface area contributed by atoms with E-state index in [9.17, 15) is 9.90 Å². The molecule has 0 radical (unpaired) electrons. The van der Waals surface area contributed by atoms with Crippen molar-refractivity contribution in [2.75, 3.05) is 13.1 Å². The predicted molar refractivity (Wildman–Crippen MR) is 73.2 cm³/mol. The Hall–Kier alpha value is -1.55. The summed E-state index contributed by atoms with van der Waals surface area (Å²) in [5.41, 5.74) is 0.669. The number of nitrogens with one attached hydrogen (secondary N) is 1. The average molecular weight is 260 g/mol. The molecule has 2 heterocycles. The van der Waals surface area contributed by atoms with Crippen LogP contribution in [0.15, 0.2) is 24.3 Å². The SMILES string of the molecule is O=C(c1ccc(O)cc1)N1CCCC1C1CCCN1. The molecule has 3 rings (SSSR count). The van der Waals surface area contributed by atoms with Gasteiger partial charge in [0.1, 0.15) is 5.75 Å². The summed E-state index contributed by atoms with van der Waals surface area (Å²) in [6.45, 7) is 1.92. The molecule has 2 N–H and O–H groups in total. The molecule has 0 aliphatic carbocycles. The lowest BCUT2D eigenvalue weighted by molar-refractivity contribution is 0.0711. The lowest BCUT2D eigenvalue weighted by Crippen LogP contribution is -2.46. The van der Waals surface area contributed by atoms with Crippen LogP contribution in [-0.2, 0) is 0 Å². The number of carbonyl (C=O) groups excluding carboxylic acids is 1. The summed E-state index contributed by atoms with van der Waals surface area (Å²) in [4.78, 5) is 14.6. The van der Waals surface area contributed by atoms with Crippen LogP contribution in [0.2, 0.25) is 0 Å². The molecule has 1 amide bonds. The van der Waals surface area contributed by atoms with Crippen molar-refractivity contribution in [3.05, 3.63) is 29.8 Å².